The van der Waals surface area contributed by atoms with Gasteiger partial charge in [0, 0.05) is 5.69 Å². The molecule has 1 saturated carbocycles. The fourth-order valence-electron chi connectivity index (χ4n) is 5.42. The number of fused-ring (bicyclic) bond motifs is 1. The van der Waals surface area contributed by atoms with Crippen molar-refractivity contribution in [1.82, 2.24) is 4.90 Å². The zero-order valence-electron chi connectivity index (χ0n) is 16.1. The number of nitrogens with one attached hydrogen (secondary N) is 1. The summed E-state index contributed by atoms with van der Waals surface area (Å²) in [5.74, 6) is 2.26. The lowest BCUT2D eigenvalue weighted by Crippen LogP contribution is -2.35. The smallest absolute Gasteiger partial charge is 0.232 e. The number of benzene rings is 1. The number of piperidine rings is 1. The molecule has 1 atom stereocenters. The van der Waals surface area contributed by atoms with Crippen LogP contribution in [-0.4, -0.2) is 30.4 Å². The molecular formula is C23H34N2O. The van der Waals surface area contributed by atoms with Crippen molar-refractivity contribution >= 4 is 11.6 Å². The van der Waals surface area contributed by atoms with Gasteiger partial charge < -0.3 is 10.2 Å². The van der Waals surface area contributed by atoms with Crippen LogP contribution in [0.4, 0.5) is 5.69 Å². The monoisotopic (exact) mass is 354 g/mol. The molecule has 0 radical (unpaired) electrons. The fraction of sp³-hybridized carbons (Fsp3) is 0.696. The molecule has 1 amide bonds. The molecule has 0 aromatic heterocycles. The topological polar surface area (TPSA) is 32.3 Å². The van der Waals surface area contributed by atoms with Gasteiger partial charge in [-0.2, -0.15) is 0 Å². The summed E-state index contributed by atoms with van der Waals surface area (Å²) >= 11 is 0. The molecule has 1 aromatic rings. The normalized spacial score (nSPS) is 25.2. The average Bonchev–Trinajstić information content (AvgIpc) is 2.99. The fourth-order valence-corrected chi connectivity index (χ4v) is 5.42. The predicted molar refractivity (Wildman–Crippen MR) is 107 cm³/mol. The molecule has 3 heteroatoms. The number of carbonyl (C=O) groups excluding carboxylic acids is 1. The molecule has 3 nitrogen and oxygen atoms in total. The van der Waals surface area contributed by atoms with E-state index in [0.29, 0.717) is 0 Å². The highest BCUT2D eigenvalue weighted by Crippen LogP contribution is 2.36. The van der Waals surface area contributed by atoms with Gasteiger partial charge in [0.15, 0.2) is 0 Å². The number of carbonyl (C=O) groups is 1. The SMILES string of the molecule is O=C1Nc2ccccc2C1CCCN1CCC(CC2CCCCC2)CC1. The summed E-state index contributed by atoms with van der Waals surface area (Å²) in [5.41, 5.74) is 2.22. The van der Waals surface area contributed by atoms with E-state index < -0.39 is 0 Å². The van der Waals surface area contributed by atoms with Gasteiger partial charge in [0.1, 0.15) is 0 Å². The van der Waals surface area contributed by atoms with Crippen LogP contribution in [0, 0.1) is 11.8 Å². The van der Waals surface area contributed by atoms with Crippen LogP contribution >= 0.6 is 0 Å². The van der Waals surface area contributed by atoms with E-state index in [1.165, 1.54) is 70.0 Å². The second kappa shape index (κ2) is 8.56. The number of rotatable bonds is 6. The second-order valence-electron chi connectivity index (χ2n) is 8.80. The Morgan fingerprint density at radius 3 is 2.50 bits per heavy atom. The summed E-state index contributed by atoms with van der Waals surface area (Å²) in [7, 11) is 0. The lowest BCUT2D eigenvalue weighted by molar-refractivity contribution is -0.117. The van der Waals surface area contributed by atoms with Gasteiger partial charge in [-0.25, -0.2) is 0 Å². The van der Waals surface area contributed by atoms with Crippen LogP contribution in [0.5, 0.6) is 0 Å². The van der Waals surface area contributed by atoms with Crippen molar-refractivity contribution < 1.29 is 4.79 Å². The first kappa shape index (κ1) is 18.0. The van der Waals surface area contributed by atoms with E-state index in [1.54, 1.807) is 0 Å². The number of anilines is 1. The van der Waals surface area contributed by atoms with Gasteiger partial charge in [-0.3, -0.25) is 4.79 Å². The molecule has 0 spiro atoms. The molecule has 1 saturated heterocycles. The Morgan fingerprint density at radius 1 is 0.962 bits per heavy atom. The van der Waals surface area contributed by atoms with Crippen molar-refractivity contribution in [2.24, 2.45) is 11.8 Å². The zero-order valence-corrected chi connectivity index (χ0v) is 16.1. The third-order valence-electron chi connectivity index (χ3n) is 6.98. The summed E-state index contributed by atoms with van der Waals surface area (Å²) in [5, 5.41) is 3.03. The molecular weight excluding hydrogens is 320 g/mol. The molecule has 4 rings (SSSR count). The predicted octanol–water partition coefficient (Wildman–Crippen LogP) is 5.18. The summed E-state index contributed by atoms with van der Waals surface area (Å²) in [4.78, 5) is 14.9. The Hall–Kier alpha value is -1.35. The first-order valence-corrected chi connectivity index (χ1v) is 10.9. The van der Waals surface area contributed by atoms with E-state index in [-0.39, 0.29) is 11.8 Å². The minimum atomic E-state index is 0.0649. The Kier molecular flexibility index (Phi) is 5.94. The summed E-state index contributed by atoms with van der Waals surface area (Å²) in [6.45, 7) is 3.69. The first-order chi connectivity index (χ1) is 12.8. The highest BCUT2D eigenvalue weighted by Gasteiger charge is 2.30. The van der Waals surface area contributed by atoms with Crippen LogP contribution in [0.25, 0.3) is 0 Å². The zero-order chi connectivity index (χ0) is 17.8. The standard InChI is InChI=1S/C23H34N2O/c26-23-21(20-9-4-5-11-22(20)24-23)10-6-14-25-15-12-19(13-16-25)17-18-7-2-1-3-8-18/h4-5,9,11,18-19,21H,1-3,6-8,10,12-17H2,(H,24,26). The number of amides is 1. The van der Waals surface area contributed by atoms with Crippen molar-refractivity contribution in [3.63, 3.8) is 0 Å². The van der Waals surface area contributed by atoms with E-state index in [0.717, 1.165) is 36.9 Å². The Balaban J connectivity index is 1.17. The van der Waals surface area contributed by atoms with Crippen LogP contribution < -0.4 is 5.32 Å². The number of hydrogen-bond donors (Lipinski definition) is 1. The Labute approximate surface area is 158 Å². The van der Waals surface area contributed by atoms with E-state index >= 15 is 0 Å². The van der Waals surface area contributed by atoms with Gasteiger partial charge in [-0.05, 0) is 75.2 Å². The van der Waals surface area contributed by atoms with Crippen LogP contribution in [0.15, 0.2) is 24.3 Å². The quantitative estimate of drug-likeness (QED) is 0.763. The minimum Gasteiger partial charge on any atom is -0.325 e. The summed E-state index contributed by atoms with van der Waals surface area (Å²) < 4.78 is 0. The maximum Gasteiger partial charge on any atom is 0.232 e. The molecule has 142 valence electrons. The summed E-state index contributed by atoms with van der Waals surface area (Å²) in [6.07, 6.45) is 13.8. The van der Waals surface area contributed by atoms with Gasteiger partial charge in [-0.15, -0.1) is 0 Å². The first-order valence-electron chi connectivity index (χ1n) is 10.9. The molecule has 3 aliphatic rings. The third-order valence-corrected chi connectivity index (χ3v) is 6.98. The molecule has 1 aliphatic carbocycles. The lowest BCUT2D eigenvalue weighted by Gasteiger charge is -2.34. The molecule has 26 heavy (non-hydrogen) atoms. The highest BCUT2D eigenvalue weighted by atomic mass is 16.2. The van der Waals surface area contributed by atoms with Crippen molar-refractivity contribution in [2.45, 2.75) is 70.1 Å². The number of nitrogens with zero attached hydrogens (tertiary/aromatic N) is 1. The van der Waals surface area contributed by atoms with E-state index in [9.17, 15) is 4.79 Å². The van der Waals surface area contributed by atoms with Crippen LogP contribution in [0.2, 0.25) is 0 Å². The maximum atomic E-state index is 12.2. The maximum absolute atomic E-state index is 12.2. The Morgan fingerprint density at radius 2 is 1.69 bits per heavy atom. The largest absolute Gasteiger partial charge is 0.325 e. The van der Waals surface area contributed by atoms with E-state index in [2.05, 4.69) is 16.3 Å². The number of likely N-dealkylation sites (tertiary alicyclic amines) is 1. The molecule has 1 aromatic carbocycles. The number of hydrogen-bond acceptors (Lipinski definition) is 2. The van der Waals surface area contributed by atoms with Crippen LogP contribution in [0.3, 0.4) is 0 Å². The Bertz CT molecular complexity index is 600. The van der Waals surface area contributed by atoms with Crippen molar-refractivity contribution in [2.75, 3.05) is 25.0 Å². The molecule has 1 unspecified atom stereocenters. The number of para-hydroxylation sites is 1. The van der Waals surface area contributed by atoms with Gasteiger partial charge in [-0.1, -0.05) is 50.3 Å². The molecule has 2 heterocycles. The minimum absolute atomic E-state index is 0.0649. The third kappa shape index (κ3) is 4.31. The van der Waals surface area contributed by atoms with Crippen molar-refractivity contribution in [3.05, 3.63) is 29.8 Å². The van der Waals surface area contributed by atoms with Gasteiger partial charge in [0.2, 0.25) is 5.91 Å². The molecule has 1 N–H and O–H groups in total. The second-order valence-corrected chi connectivity index (χ2v) is 8.80. The molecule has 2 aliphatic heterocycles. The highest BCUT2D eigenvalue weighted by molar-refractivity contribution is 6.02. The molecule has 0 bridgehead atoms. The van der Waals surface area contributed by atoms with Crippen molar-refractivity contribution in [1.29, 1.82) is 0 Å². The van der Waals surface area contributed by atoms with Gasteiger partial charge in [0.05, 0.1) is 5.92 Å². The van der Waals surface area contributed by atoms with Crippen LogP contribution in [0.1, 0.15) is 75.7 Å². The van der Waals surface area contributed by atoms with Crippen molar-refractivity contribution in [3.8, 4) is 0 Å². The average molecular weight is 355 g/mol. The van der Waals surface area contributed by atoms with Gasteiger partial charge in [0.25, 0.3) is 0 Å². The lowest BCUT2D eigenvalue weighted by atomic mass is 9.80. The molecule has 2 fully saturated rings. The summed E-state index contributed by atoms with van der Waals surface area (Å²) in [6, 6.07) is 8.17. The van der Waals surface area contributed by atoms with E-state index in [4.69, 9.17) is 0 Å². The van der Waals surface area contributed by atoms with Gasteiger partial charge >= 0.3 is 0 Å². The van der Waals surface area contributed by atoms with Crippen LogP contribution in [-0.2, 0) is 4.79 Å². The van der Waals surface area contributed by atoms with E-state index in [1.807, 2.05) is 18.2 Å².